The van der Waals surface area contributed by atoms with Crippen LogP contribution >= 0.6 is 12.6 Å². The van der Waals surface area contributed by atoms with E-state index < -0.39 is 5.91 Å². The number of imide groups is 1. The summed E-state index contributed by atoms with van der Waals surface area (Å²) in [4.78, 5) is 30.0. The van der Waals surface area contributed by atoms with Crippen LogP contribution in [0.4, 0.5) is 5.69 Å². The predicted molar refractivity (Wildman–Crippen MR) is 69.1 cm³/mol. The van der Waals surface area contributed by atoms with Crippen molar-refractivity contribution < 1.29 is 9.59 Å². The number of benzene rings is 1. The van der Waals surface area contributed by atoms with Gasteiger partial charge in [0.15, 0.2) is 0 Å². The Balaban J connectivity index is 2.16. The summed E-state index contributed by atoms with van der Waals surface area (Å²) in [6.07, 6.45) is 1.50. The van der Waals surface area contributed by atoms with Crippen LogP contribution in [0.5, 0.6) is 0 Å². The highest BCUT2D eigenvalue weighted by Gasteiger charge is 2.38. The molecule has 1 aliphatic rings. The van der Waals surface area contributed by atoms with Crippen LogP contribution in [0.15, 0.2) is 47.5 Å². The van der Waals surface area contributed by atoms with Gasteiger partial charge >= 0.3 is 0 Å². The van der Waals surface area contributed by atoms with Crippen LogP contribution in [-0.2, 0) is 0 Å². The van der Waals surface area contributed by atoms with Gasteiger partial charge in [0.2, 0.25) is 0 Å². The van der Waals surface area contributed by atoms with Gasteiger partial charge in [-0.25, -0.2) is 4.90 Å². The molecular weight excluding hydrogens is 248 g/mol. The molecule has 4 nitrogen and oxygen atoms in total. The molecule has 0 atom stereocenters. The van der Waals surface area contributed by atoms with Crippen molar-refractivity contribution in [1.82, 2.24) is 4.98 Å². The van der Waals surface area contributed by atoms with Crippen molar-refractivity contribution in [2.45, 2.75) is 4.90 Å². The van der Waals surface area contributed by atoms with Crippen LogP contribution in [-0.4, -0.2) is 16.8 Å². The van der Waals surface area contributed by atoms with E-state index in [0.29, 0.717) is 16.1 Å². The fourth-order valence-electron chi connectivity index (χ4n) is 1.94. The Hall–Kier alpha value is -2.14. The number of rotatable bonds is 1. The second-order valence-electron chi connectivity index (χ2n) is 3.83. The van der Waals surface area contributed by atoms with E-state index in [1.54, 1.807) is 36.4 Å². The van der Waals surface area contributed by atoms with Crippen molar-refractivity contribution in [3.63, 3.8) is 0 Å². The van der Waals surface area contributed by atoms with Crippen LogP contribution in [0.25, 0.3) is 0 Å². The SMILES string of the molecule is O=C1c2cccnc2C(=O)N1c1ccccc1S. The van der Waals surface area contributed by atoms with Crippen molar-refractivity contribution in [1.29, 1.82) is 0 Å². The third-order valence-electron chi connectivity index (χ3n) is 2.77. The second-order valence-corrected chi connectivity index (χ2v) is 4.32. The van der Waals surface area contributed by atoms with Crippen molar-refractivity contribution in [3.8, 4) is 0 Å². The molecule has 88 valence electrons. The molecule has 0 aliphatic carbocycles. The first kappa shape index (κ1) is 11.0. The van der Waals surface area contributed by atoms with Gasteiger partial charge in [0.1, 0.15) is 5.69 Å². The first-order valence-electron chi connectivity index (χ1n) is 5.32. The number of aromatic nitrogens is 1. The molecule has 2 aromatic rings. The van der Waals surface area contributed by atoms with Crippen LogP contribution in [0.2, 0.25) is 0 Å². The molecule has 1 aromatic heterocycles. The molecule has 5 heteroatoms. The number of carbonyl (C=O) groups excluding carboxylic acids is 2. The minimum atomic E-state index is -0.405. The molecule has 0 bridgehead atoms. The Labute approximate surface area is 109 Å². The number of fused-ring (bicyclic) bond motifs is 1. The Kier molecular flexibility index (Phi) is 2.41. The van der Waals surface area contributed by atoms with E-state index in [2.05, 4.69) is 17.6 Å². The summed E-state index contributed by atoms with van der Waals surface area (Å²) in [6.45, 7) is 0. The van der Waals surface area contributed by atoms with Crippen molar-refractivity contribution in [2.75, 3.05) is 4.90 Å². The van der Waals surface area contributed by atoms with E-state index in [-0.39, 0.29) is 11.6 Å². The van der Waals surface area contributed by atoms with E-state index in [1.165, 1.54) is 6.20 Å². The van der Waals surface area contributed by atoms with Gasteiger partial charge in [0.25, 0.3) is 11.8 Å². The molecule has 18 heavy (non-hydrogen) atoms. The maximum Gasteiger partial charge on any atom is 0.284 e. The molecule has 0 saturated carbocycles. The van der Waals surface area contributed by atoms with Crippen molar-refractivity contribution in [2.24, 2.45) is 0 Å². The number of nitrogens with zero attached hydrogens (tertiary/aromatic N) is 2. The normalized spacial score (nSPS) is 13.9. The number of amides is 2. The van der Waals surface area contributed by atoms with Gasteiger partial charge in [-0.05, 0) is 24.3 Å². The molecule has 0 saturated heterocycles. The number of pyridine rings is 1. The Bertz CT molecular complexity index is 635. The lowest BCUT2D eigenvalue weighted by atomic mass is 10.2. The summed E-state index contributed by atoms with van der Waals surface area (Å²) in [5, 5.41) is 0. The molecule has 0 fully saturated rings. The Morgan fingerprint density at radius 3 is 2.50 bits per heavy atom. The highest BCUT2D eigenvalue weighted by Crippen LogP contribution is 2.31. The van der Waals surface area contributed by atoms with E-state index in [1.807, 2.05) is 0 Å². The van der Waals surface area contributed by atoms with Crippen LogP contribution in [0.1, 0.15) is 20.8 Å². The lowest BCUT2D eigenvalue weighted by Crippen LogP contribution is -2.29. The maximum absolute atomic E-state index is 12.2. The summed E-state index contributed by atoms with van der Waals surface area (Å²) in [5.74, 6) is -0.762. The van der Waals surface area contributed by atoms with E-state index in [9.17, 15) is 9.59 Å². The molecule has 3 rings (SSSR count). The number of anilines is 1. The van der Waals surface area contributed by atoms with Gasteiger partial charge in [-0.3, -0.25) is 14.6 Å². The highest BCUT2D eigenvalue weighted by molar-refractivity contribution is 7.80. The standard InChI is InChI=1S/C13H8N2O2S/c16-12-8-4-3-7-14-11(8)13(17)15(12)9-5-1-2-6-10(9)18/h1-7,18H. The highest BCUT2D eigenvalue weighted by atomic mass is 32.1. The zero-order chi connectivity index (χ0) is 12.7. The van der Waals surface area contributed by atoms with Crippen LogP contribution in [0, 0.1) is 0 Å². The predicted octanol–water partition coefficient (Wildman–Crippen LogP) is 2.17. The maximum atomic E-state index is 12.2. The summed E-state index contributed by atoms with van der Waals surface area (Å²) in [6, 6.07) is 10.2. The molecule has 2 amide bonds. The third-order valence-corrected chi connectivity index (χ3v) is 3.15. The number of carbonyl (C=O) groups is 2. The monoisotopic (exact) mass is 256 g/mol. The van der Waals surface area contributed by atoms with E-state index >= 15 is 0 Å². The zero-order valence-corrected chi connectivity index (χ0v) is 10.1. The molecule has 1 aliphatic heterocycles. The van der Waals surface area contributed by atoms with Crippen molar-refractivity contribution >= 4 is 30.1 Å². The largest absolute Gasteiger partial charge is 0.284 e. The number of hydrogen-bond donors (Lipinski definition) is 1. The first-order chi connectivity index (χ1) is 8.70. The average Bonchev–Trinajstić information content (AvgIpc) is 2.64. The van der Waals surface area contributed by atoms with Gasteiger partial charge < -0.3 is 0 Å². The summed E-state index contributed by atoms with van der Waals surface area (Å²) in [7, 11) is 0. The summed E-state index contributed by atoms with van der Waals surface area (Å²) in [5.41, 5.74) is 1.01. The minimum Gasteiger partial charge on any atom is -0.268 e. The summed E-state index contributed by atoms with van der Waals surface area (Å²) < 4.78 is 0. The van der Waals surface area contributed by atoms with Gasteiger partial charge in [-0.15, -0.1) is 12.6 Å². The topological polar surface area (TPSA) is 50.3 Å². The lowest BCUT2D eigenvalue weighted by molar-refractivity contribution is 0.0924. The van der Waals surface area contributed by atoms with Gasteiger partial charge in [-0.1, -0.05) is 12.1 Å². The van der Waals surface area contributed by atoms with Crippen LogP contribution < -0.4 is 4.90 Å². The fraction of sp³-hybridized carbons (Fsp3) is 0. The second kappa shape index (κ2) is 3.96. The minimum absolute atomic E-state index is 0.194. The first-order valence-corrected chi connectivity index (χ1v) is 5.76. The number of hydrogen-bond acceptors (Lipinski definition) is 4. The zero-order valence-electron chi connectivity index (χ0n) is 9.20. The molecule has 0 spiro atoms. The quantitative estimate of drug-likeness (QED) is 0.628. The molecule has 0 radical (unpaired) electrons. The van der Waals surface area contributed by atoms with Gasteiger partial charge in [-0.2, -0.15) is 0 Å². The van der Waals surface area contributed by atoms with E-state index in [0.717, 1.165) is 4.90 Å². The van der Waals surface area contributed by atoms with E-state index in [4.69, 9.17) is 0 Å². The molecule has 0 unspecified atom stereocenters. The average molecular weight is 256 g/mol. The fourth-order valence-corrected chi connectivity index (χ4v) is 2.20. The molecule has 2 heterocycles. The smallest absolute Gasteiger partial charge is 0.268 e. The van der Waals surface area contributed by atoms with Crippen molar-refractivity contribution in [3.05, 3.63) is 53.9 Å². The third kappa shape index (κ3) is 1.44. The van der Waals surface area contributed by atoms with Crippen LogP contribution in [0.3, 0.4) is 0 Å². The number of thiol groups is 1. The lowest BCUT2D eigenvalue weighted by Gasteiger charge is -2.15. The molecule has 1 aromatic carbocycles. The molecule has 0 N–H and O–H groups in total. The Morgan fingerprint density at radius 2 is 1.78 bits per heavy atom. The summed E-state index contributed by atoms with van der Waals surface area (Å²) >= 11 is 4.27. The van der Waals surface area contributed by atoms with Gasteiger partial charge in [0.05, 0.1) is 11.3 Å². The number of para-hydroxylation sites is 1. The van der Waals surface area contributed by atoms with Gasteiger partial charge in [0, 0.05) is 11.1 Å². The molecular formula is C13H8N2O2S. The Morgan fingerprint density at radius 1 is 1.00 bits per heavy atom.